The van der Waals surface area contributed by atoms with Crippen molar-refractivity contribution in [3.05, 3.63) is 65.6 Å². The van der Waals surface area contributed by atoms with Crippen molar-refractivity contribution in [3.8, 4) is 22.8 Å². The second-order valence-corrected chi connectivity index (χ2v) is 8.21. The summed E-state index contributed by atoms with van der Waals surface area (Å²) in [6.45, 7) is 3.74. The Hall–Kier alpha value is -3.52. The first kappa shape index (κ1) is 20.4. The Kier molecular flexibility index (Phi) is 5.68. The zero-order valence-corrected chi connectivity index (χ0v) is 18.1. The maximum absolute atomic E-state index is 13.1. The summed E-state index contributed by atoms with van der Waals surface area (Å²) in [5.74, 6) is 1.24. The molecule has 0 aliphatic carbocycles. The van der Waals surface area contributed by atoms with Crippen LogP contribution in [0.15, 0.2) is 60.0 Å². The molecule has 1 saturated heterocycles. The molecule has 164 valence electrons. The minimum atomic E-state index is -0.0387. The number of likely N-dealkylation sites (tertiary alicyclic amines) is 1. The van der Waals surface area contributed by atoms with Crippen molar-refractivity contribution >= 4 is 10.9 Å². The van der Waals surface area contributed by atoms with Crippen molar-refractivity contribution in [2.45, 2.75) is 25.8 Å². The van der Waals surface area contributed by atoms with Crippen LogP contribution in [-0.4, -0.2) is 48.8 Å². The van der Waals surface area contributed by atoms with E-state index in [4.69, 9.17) is 4.74 Å². The number of pyridine rings is 1. The van der Waals surface area contributed by atoms with Crippen LogP contribution in [-0.2, 0) is 13.6 Å². The molecule has 1 fully saturated rings. The number of fused-ring (bicyclic) bond motifs is 1. The molecule has 32 heavy (non-hydrogen) atoms. The van der Waals surface area contributed by atoms with E-state index in [1.165, 1.54) is 19.3 Å². The number of nitrogens with zero attached hydrogens (tertiary/aromatic N) is 6. The second-order valence-electron chi connectivity index (χ2n) is 8.21. The second kappa shape index (κ2) is 8.92. The van der Waals surface area contributed by atoms with Crippen LogP contribution < -0.4 is 10.3 Å². The van der Waals surface area contributed by atoms with Gasteiger partial charge >= 0.3 is 0 Å². The van der Waals surface area contributed by atoms with Gasteiger partial charge in [-0.2, -0.15) is 5.10 Å². The molecule has 0 radical (unpaired) electrons. The van der Waals surface area contributed by atoms with Gasteiger partial charge in [0.1, 0.15) is 11.5 Å². The van der Waals surface area contributed by atoms with Crippen molar-refractivity contribution in [3.63, 3.8) is 0 Å². The van der Waals surface area contributed by atoms with E-state index in [1.54, 1.807) is 40.1 Å². The third kappa shape index (κ3) is 4.40. The topological polar surface area (TPSA) is 78.1 Å². The summed E-state index contributed by atoms with van der Waals surface area (Å²) in [7, 11) is 1.87. The van der Waals surface area contributed by atoms with Crippen LogP contribution in [0.2, 0.25) is 0 Å². The summed E-state index contributed by atoms with van der Waals surface area (Å²) in [4.78, 5) is 24.4. The van der Waals surface area contributed by atoms with Gasteiger partial charge in [0.15, 0.2) is 0 Å². The van der Waals surface area contributed by atoms with Crippen molar-refractivity contribution in [2.75, 3.05) is 19.6 Å². The fourth-order valence-corrected chi connectivity index (χ4v) is 4.12. The quantitative estimate of drug-likeness (QED) is 0.466. The predicted octanol–water partition coefficient (Wildman–Crippen LogP) is 3.47. The maximum atomic E-state index is 13.1. The lowest BCUT2D eigenvalue weighted by Gasteiger charge is -2.26. The lowest BCUT2D eigenvalue weighted by Crippen LogP contribution is -2.34. The van der Waals surface area contributed by atoms with Crippen LogP contribution in [0, 0.1) is 0 Å². The number of hydrogen-bond acceptors (Lipinski definition) is 6. The van der Waals surface area contributed by atoms with E-state index < -0.39 is 0 Å². The van der Waals surface area contributed by atoms with Crippen molar-refractivity contribution in [1.29, 1.82) is 0 Å². The number of ether oxygens (including phenoxy) is 1. The van der Waals surface area contributed by atoms with E-state index in [0.717, 1.165) is 30.9 Å². The zero-order chi connectivity index (χ0) is 21.9. The number of rotatable bonds is 6. The van der Waals surface area contributed by atoms with Crippen LogP contribution >= 0.6 is 0 Å². The van der Waals surface area contributed by atoms with Gasteiger partial charge < -0.3 is 9.64 Å². The number of hydrogen-bond donors (Lipinski definition) is 0. The van der Waals surface area contributed by atoms with E-state index in [-0.39, 0.29) is 5.56 Å². The molecule has 1 aliphatic rings. The first-order valence-corrected chi connectivity index (χ1v) is 11.0. The Morgan fingerprint density at radius 3 is 2.66 bits per heavy atom. The summed E-state index contributed by atoms with van der Waals surface area (Å²) in [5.41, 5.74) is 2.32. The van der Waals surface area contributed by atoms with Gasteiger partial charge in [-0.3, -0.25) is 19.0 Å². The van der Waals surface area contributed by atoms with Crippen LogP contribution in [0.5, 0.6) is 11.5 Å². The molecule has 0 amide bonds. The first-order chi connectivity index (χ1) is 15.7. The van der Waals surface area contributed by atoms with Gasteiger partial charge in [0, 0.05) is 44.2 Å². The molecule has 4 heterocycles. The molecule has 0 spiro atoms. The molecule has 4 aromatic rings. The van der Waals surface area contributed by atoms with Gasteiger partial charge in [0.25, 0.3) is 5.56 Å². The highest BCUT2D eigenvalue weighted by Crippen LogP contribution is 2.26. The largest absolute Gasteiger partial charge is 0.457 e. The van der Waals surface area contributed by atoms with Crippen LogP contribution in [0.25, 0.3) is 22.2 Å². The molecular formula is C24H26N6O2. The minimum Gasteiger partial charge on any atom is -0.457 e. The van der Waals surface area contributed by atoms with Gasteiger partial charge in [0.2, 0.25) is 0 Å². The van der Waals surface area contributed by atoms with Gasteiger partial charge in [-0.05, 0) is 50.2 Å². The Bertz CT molecular complexity index is 1290. The Morgan fingerprint density at radius 2 is 1.84 bits per heavy atom. The van der Waals surface area contributed by atoms with Crippen molar-refractivity contribution in [2.24, 2.45) is 7.05 Å². The van der Waals surface area contributed by atoms with E-state index in [1.807, 2.05) is 31.4 Å². The fourth-order valence-electron chi connectivity index (χ4n) is 4.12. The standard InChI is InChI=1S/C24H26N6O2/c1-28-16-18(15-27-28)23-14-20(7-8-25-23)32-19-5-6-22-21(13-19)24(31)30(17-26-22)12-11-29-9-3-2-4-10-29/h5-8,13-17H,2-4,9-12H2,1H3. The minimum absolute atomic E-state index is 0.0387. The molecule has 0 unspecified atom stereocenters. The Balaban J connectivity index is 1.37. The average Bonchev–Trinajstić information content (AvgIpc) is 3.26. The van der Waals surface area contributed by atoms with E-state index >= 15 is 0 Å². The SMILES string of the molecule is Cn1cc(-c2cc(Oc3ccc4ncn(CCN5CCCCC5)c(=O)c4c3)ccn2)cn1. The lowest BCUT2D eigenvalue weighted by molar-refractivity contribution is 0.220. The molecule has 3 aromatic heterocycles. The fraction of sp³-hybridized carbons (Fsp3) is 0.333. The summed E-state index contributed by atoms with van der Waals surface area (Å²) in [6, 6.07) is 9.08. The molecule has 8 heteroatoms. The number of benzene rings is 1. The number of aromatic nitrogens is 5. The highest BCUT2D eigenvalue weighted by molar-refractivity contribution is 5.79. The monoisotopic (exact) mass is 430 g/mol. The molecule has 5 rings (SSSR count). The van der Waals surface area contributed by atoms with E-state index in [9.17, 15) is 4.79 Å². The maximum Gasteiger partial charge on any atom is 0.261 e. The zero-order valence-electron chi connectivity index (χ0n) is 18.1. The van der Waals surface area contributed by atoms with Gasteiger partial charge in [0.05, 0.1) is 29.1 Å². The molecule has 8 nitrogen and oxygen atoms in total. The van der Waals surface area contributed by atoms with Gasteiger partial charge in [-0.25, -0.2) is 4.98 Å². The summed E-state index contributed by atoms with van der Waals surface area (Å²) in [6.07, 6.45) is 10.8. The van der Waals surface area contributed by atoms with Crippen LogP contribution in [0.3, 0.4) is 0 Å². The van der Waals surface area contributed by atoms with E-state index in [2.05, 4.69) is 20.0 Å². The highest BCUT2D eigenvalue weighted by atomic mass is 16.5. The third-order valence-corrected chi connectivity index (χ3v) is 5.87. The Morgan fingerprint density at radius 1 is 1.00 bits per heavy atom. The van der Waals surface area contributed by atoms with Crippen LogP contribution in [0.1, 0.15) is 19.3 Å². The lowest BCUT2D eigenvalue weighted by atomic mass is 10.1. The predicted molar refractivity (Wildman–Crippen MR) is 123 cm³/mol. The molecule has 1 aromatic carbocycles. The van der Waals surface area contributed by atoms with Crippen molar-refractivity contribution in [1.82, 2.24) is 29.2 Å². The van der Waals surface area contributed by atoms with E-state index in [0.29, 0.717) is 28.9 Å². The molecule has 1 aliphatic heterocycles. The summed E-state index contributed by atoms with van der Waals surface area (Å²) >= 11 is 0. The molecular weight excluding hydrogens is 404 g/mol. The van der Waals surface area contributed by atoms with Gasteiger partial charge in [-0.15, -0.1) is 0 Å². The summed E-state index contributed by atoms with van der Waals surface area (Å²) in [5, 5.41) is 4.75. The normalized spacial score (nSPS) is 14.7. The summed E-state index contributed by atoms with van der Waals surface area (Å²) < 4.78 is 9.49. The smallest absolute Gasteiger partial charge is 0.261 e. The Labute approximate surface area is 186 Å². The highest BCUT2D eigenvalue weighted by Gasteiger charge is 2.12. The molecule has 0 N–H and O–H groups in total. The third-order valence-electron chi connectivity index (χ3n) is 5.87. The first-order valence-electron chi connectivity index (χ1n) is 11.0. The van der Waals surface area contributed by atoms with Crippen molar-refractivity contribution < 1.29 is 4.74 Å². The molecule has 0 atom stereocenters. The van der Waals surface area contributed by atoms with Gasteiger partial charge in [-0.1, -0.05) is 6.42 Å². The average molecular weight is 431 g/mol. The number of piperidine rings is 1. The van der Waals surface area contributed by atoms with Crippen LogP contribution in [0.4, 0.5) is 0 Å². The molecule has 0 bridgehead atoms. The number of aryl methyl sites for hydroxylation is 1. The molecule has 0 saturated carbocycles.